The molecule has 0 aliphatic rings. The second-order valence-electron chi connectivity index (χ2n) is 7.55. The molecule has 134 valence electrons. The molecule has 0 heterocycles. The monoisotopic (exact) mass is 338 g/mol. The molecule has 0 bridgehead atoms. The number of hydrogen-bond acceptors (Lipinski definition) is 2. The Kier molecular flexibility index (Phi) is 10.1. The average molecular weight is 338 g/mol. The summed E-state index contributed by atoms with van der Waals surface area (Å²) in [5.74, 6) is 0. The van der Waals surface area contributed by atoms with Gasteiger partial charge in [-0.3, -0.25) is 4.57 Å². The summed E-state index contributed by atoms with van der Waals surface area (Å²) in [4.78, 5) is 18.9. The Labute approximate surface area is 136 Å². The lowest BCUT2D eigenvalue weighted by atomic mass is 10.0. The summed E-state index contributed by atoms with van der Waals surface area (Å²) in [5.41, 5.74) is 0. The van der Waals surface area contributed by atoms with Crippen LogP contribution in [0, 0.1) is 0 Å². The van der Waals surface area contributed by atoms with Gasteiger partial charge in [-0.05, 0) is 12.8 Å². The highest BCUT2D eigenvalue weighted by Gasteiger charge is 2.48. The molecular weight excluding hydrogens is 301 g/mol. The molecule has 0 aromatic rings. The summed E-state index contributed by atoms with van der Waals surface area (Å²) in [6.45, 7) is 2.27. The third-order valence-corrected chi connectivity index (χ3v) is 5.40. The minimum absolute atomic E-state index is 0.0638. The van der Waals surface area contributed by atoms with Crippen molar-refractivity contribution in [3.8, 4) is 0 Å². The molecule has 0 saturated carbocycles. The Morgan fingerprint density at radius 1 is 0.864 bits per heavy atom. The van der Waals surface area contributed by atoms with Gasteiger partial charge in [0.25, 0.3) is 0 Å². The Balaban J connectivity index is 4.04. The zero-order chi connectivity index (χ0) is 17.3. The number of quaternary nitrogens is 1. The van der Waals surface area contributed by atoms with Gasteiger partial charge >= 0.3 is 7.60 Å². The molecule has 1 unspecified atom stereocenters. The van der Waals surface area contributed by atoms with E-state index in [1.807, 2.05) is 21.1 Å². The zero-order valence-electron chi connectivity index (χ0n) is 14.9. The lowest BCUT2D eigenvalue weighted by Crippen LogP contribution is -2.49. The Morgan fingerprint density at radius 3 is 1.64 bits per heavy atom. The molecule has 22 heavy (non-hydrogen) atoms. The van der Waals surface area contributed by atoms with E-state index in [9.17, 15) is 19.5 Å². The topological polar surface area (TPSA) is 77.8 Å². The summed E-state index contributed by atoms with van der Waals surface area (Å²) in [6.07, 6.45) is 10.4. The van der Waals surface area contributed by atoms with Gasteiger partial charge in [-0.15, -0.1) is 0 Å². The lowest BCUT2D eigenvalue weighted by molar-refractivity contribution is -0.875. The van der Waals surface area contributed by atoms with Crippen molar-refractivity contribution in [3.05, 3.63) is 0 Å². The van der Waals surface area contributed by atoms with Crippen LogP contribution >= 0.6 is 7.60 Å². The van der Waals surface area contributed by atoms with E-state index in [0.717, 1.165) is 12.8 Å². The van der Waals surface area contributed by atoms with E-state index in [1.165, 1.54) is 38.5 Å². The molecule has 0 aromatic carbocycles. The van der Waals surface area contributed by atoms with Gasteiger partial charge in [-0.2, -0.15) is 0 Å². The van der Waals surface area contributed by atoms with Crippen LogP contribution < -0.4 is 0 Å². The fourth-order valence-electron chi connectivity index (χ4n) is 2.80. The summed E-state index contributed by atoms with van der Waals surface area (Å²) in [7, 11) is 0.973. The van der Waals surface area contributed by atoms with Gasteiger partial charge in [0.15, 0.2) is 0 Å². The van der Waals surface area contributed by atoms with Gasteiger partial charge in [0.2, 0.25) is 5.34 Å². The van der Waals surface area contributed by atoms with E-state index in [-0.39, 0.29) is 13.0 Å². The van der Waals surface area contributed by atoms with E-state index in [4.69, 9.17) is 0 Å². The molecule has 0 radical (unpaired) electrons. The van der Waals surface area contributed by atoms with Gasteiger partial charge in [0, 0.05) is 0 Å². The minimum atomic E-state index is -4.52. The van der Waals surface area contributed by atoms with Crippen molar-refractivity contribution >= 4 is 7.60 Å². The predicted molar refractivity (Wildman–Crippen MR) is 91.7 cm³/mol. The second-order valence-corrected chi connectivity index (χ2v) is 9.47. The Bertz CT molecular complexity index is 338. The van der Waals surface area contributed by atoms with Crippen molar-refractivity contribution in [2.75, 3.05) is 27.7 Å². The van der Waals surface area contributed by atoms with Crippen LogP contribution in [-0.4, -0.2) is 52.4 Å². The molecule has 0 aliphatic heterocycles. The molecule has 0 spiro atoms. The van der Waals surface area contributed by atoms with E-state index in [1.54, 1.807) is 0 Å². The van der Waals surface area contributed by atoms with Gasteiger partial charge < -0.3 is 19.4 Å². The van der Waals surface area contributed by atoms with Crippen LogP contribution in [0.15, 0.2) is 0 Å². The molecule has 6 heteroatoms. The quantitative estimate of drug-likeness (QED) is 0.273. The Hall–Kier alpha value is 0.0700. The first kappa shape index (κ1) is 22.1. The summed E-state index contributed by atoms with van der Waals surface area (Å²) >= 11 is 0. The van der Waals surface area contributed by atoms with Crippen LogP contribution in [0.25, 0.3) is 0 Å². The smallest absolute Gasteiger partial charge is 0.362 e. The predicted octanol–water partition coefficient (Wildman–Crippen LogP) is 3.48. The number of unbranched alkanes of at least 4 members (excludes halogenated alkanes) is 8. The number of likely N-dealkylation sites (N-methyl/N-ethyl adjacent to an activating group) is 1. The number of hydrogen-bond donors (Lipinski definition) is 3. The molecule has 0 aliphatic carbocycles. The summed E-state index contributed by atoms with van der Waals surface area (Å²) < 4.78 is 12.0. The molecule has 0 saturated heterocycles. The normalized spacial score (nSPS) is 15.8. The second kappa shape index (κ2) is 10.0. The van der Waals surface area contributed by atoms with Crippen molar-refractivity contribution in [1.82, 2.24) is 0 Å². The van der Waals surface area contributed by atoms with Crippen LogP contribution in [0.5, 0.6) is 0 Å². The molecule has 0 fully saturated rings. The highest BCUT2D eigenvalue weighted by Crippen LogP contribution is 2.52. The standard InChI is InChI=1S/C16H36NO4P/c1-5-6-7-8-9-10-11-12-13-14-16(18,22(19,20)21)15-17(2,3)4/h18H,5-15H2,1-4H3,(H-,19,20,21)/p+1. The largest absolute Gasteiger partial charge is 0.373 e. The van der Waals surface area contributed by atoms with Crippen LogP contribution in [-0.2, 0) is 4.57 Å². The molecule has 1 atom stereocenters. The van der Waals surface area contributed by atoms with Crippen molar-refractivity contribution < 1.29 is 23.9 Å². The third-order valence-electron chi connectivity index (χ3n) is 3.95. The van der Waals surface area contributed by atoms with E-state index < -0.39 is 12.9 Å². The van der Waals surface area contributed by atoms with Crippen molar-refractivity contribution in [2.24, 2.45) is 0 Å². The Morgan fingerprint density at radius 2 is 1.27 bits per heavy atom. The van der Waals surface area contributed by atoms with Gasteiger partial charge in [-0.25, -0.2) is 0 Å². The first-order chi connectivity index (χ1) is 10.0. The van der Waals surface area contributed by atoms with Crippen LogP contribution in [0.3, 0.4) is 0 Å². The fourth-order valence-corrected chi connectivity index (χ4v) is 3.85. The third kappa shape index (κ3) is 9.96. The fraction of sp³-hybridized carbons (Fsp3) is 1.00. The van der Waals surface area contributed by atoms with Gasteiger partial charge in [-0.1, -0.05) is 58.3 Å². The van der Waals surface area contributed by atoms with Crippen LogP contribution in [0.1, 0.15) is 71.1 Å². The highest BCUT2D eigenvalue weighted by molar-refractivity contribution is 7.53. The molecular formula is C16H37NO4P+. The zero-order valence-corrected chi connectivity index (χ0v) is 15.8. The first-order valence-corrected chi connectivity index (χ1v) is 10.2. The number of aliphatic hydroxyl groups is 1. The minimum Gasteiger partial charge on any atom is -0.373 e. The molecule has 3 N–H and O–H groups in total. The summed E-state index contributed by atoms with van der Waals surface area (Å²) in [6, 6.07) is 0. The van der Waals surface area contributed by atoms with Crippen LogP contribution in [0.2, 0.25) is 0 Å². The maximum Gasteiger partial charge on any atom is 0.362 e. The number of rotatable bonds is 13. The number of nitrogens with zero attached hydrogens (tertiary/aromatic N) is 1. The van der Waals surface area contributed by atoms with E-state index >= 15 is 0 Å². The average Bonchev–Trinajstić information content (AvgIpc) is 2.33. The molecule has 0 amide bonds. The van der Waals surface area contributed by atoms with Gasteiger partial charge in [0.1, 0.15) is 6.54 Å². The van der Waals surface area contributed by atoms with E-state index in [2.05, 4.69) is 6.92 Å². The maximum atomic E-state index is 11.6. The highest BCUT2D eigenvalue weighted by atomic mass is 31.2. The summed E-state index contributed by atoms with van der Waals surface area (Å²) in [5, 5.41) is 8.51. The van der Waals surface area contributed by atoms with Crippen LogP contribution in [0.4, 0.5) is 0 Å². The van der Waals surface area contributed by atoms with E-state index in [0.29, 0.717) is 10.9 Å². The van der Waals surface area contributed by atoms with Crippen molar-refractivity contribution in [1.29, 1.82) is 0 Å². The molecule has 0 rings (SSSR count). The molecule has 5 nitrogen and oxygen atoms in total. The van der Waals surface area contributed by atoms with Gasteiger partial charge in [0.05, 0.1) is 21.1 Å². The first-order valence-electron chi connectivity index (χ1n) is 8.60. The lowest BCUT2D eigenvalue weighted by Gasteiger charge is -2.35. The SMILES string of the molecule is CCCCCCCCCCCC(O)(C[N+](C)(C)C)P(=O)(O)O. The maximum absolute atomic E-state index is 11.6. The van der Waals surface area contributed by atoms with Crippen molar-refractivity contribution in [2.45, 2.75) is 76.5 Å². The van der Waals surface area contributed by atoms with Crippen molar-refractivity contribution in [3.63, 3.8) is 0 Å². The molecule has 0 aromatic heterocycles.